The quantitative estimate of drug-likeness (QED) is 0.816. The molecule has 2 aromatic carbocycles. The molecule has 0 aromatic heterocycles. The van der Waals surface area contributed by atoms with Crippen LogP contribution in [0.15, 0.2) is 42.5 Å². The summed E-state index contributed by atoms with van der Waals surface area (Å²) in [5, 5.41) is 13.8. The SMILES string of the molecule is COc1ccc(P=C([O-])c2c(Cl)cccc2Cl)cc1. The van der Waals surface area contributed by atoms with Crippen LogP contribution < -0.4 is 15.1 Å². The lowest BCUT2D eigenvalue weighted by Crippen LogP contribution is -2.18. The Balaban J connectivity index is 2.37. The van der Waals surface area contributed by atoms with E-state index in [0.717, 1.165) is 11.1 Å². The van der Waals surface area contributed by atoms with E-state index in [1.807, 2.05) is 24.3 Å². The second kappa shape index (κ2) is 6.40. The topological polar surface area (TPSA) is 32.3 Å². The normalized spacial score (nSPS) is 11.5. The average Bonchev–Trinajstić information content (AvgIpc) is 2.39. The molecule has 0 saturated carbocycles. The van der Waals surface area contributed by atoms with Gasteiger partial charge in [0.25, 0.3) is 0 Å². The lowest BCUT2D eigenvalue weighted by atomic mass is 10.2. The Bertz CT molecular complexity index is 589. The Labute approximate surface area is 123 Å². The fraction of sp³-hybridized carbons (Fsp3) is 0.0714. The van der Waals surface area contributed by atoms with Crippen molar-refractivity contribution in [1.82, 2.24) is 0 Å². The van der Waals surface area contributed by atoms with Crippen molar-refractivity contribution >= 4 is 42.2 Å². The molecule has 0 heterocycles. The summed E-state index contributed by atoms with van der Waals surface area (Å²) < 4.78 is 5.07. The standard InChI is InChI=1S/C14H11Cl2O2P/c1-18-9-5-7-10(8-6-9)19-14(17)13-11(15)3-2-4-12(13)16/h2-8,17H,1H3/p-1. The molecule has 0 amide bonds. The zero-order valence-corrected chi connectivity index (χ0v) is 12.5. The maximum absolute atomic E-state index is 12.2. The van der Waals surface area contributed by atoms with Gasteiger partial charge in [-0.3, -0.25) is 0 Å². The van der Waals surface area contributed by atoms with E-state index in [1.165, 1.54) is 0 Å². The van der Waals surface area contributed by atoms with Crippen molar-refractivity contribution in [2.45, 2.75) is 0 Å². The summed E-state index contributed by atoms with van der Waals surface area (Å²) in [7, 11) is 2.13. The van der Waals surface area contributed by atoms with Crippen LogP contribution >= 0.6 is 31.4 Å². The smallest absolute Gasteiger partial charge is 0.118 e. The van der Waals surface area contributed by atoms with Crippen LogP contribution in [-0.4, -0.2) is 12.6 Å². The Morgan fingerprint density at radius 1 is 1.05 bits per heavy atom. The highest BCUT2D eigenvalue weighted by molar-refractivity contribution is 7.49. The van der Waals surface area contributed by atoms with E-state index in [4.69, 9.17) is 27.9 Å². The van der Waals surface area contributed by atoms with Crippen molar-refractivity contribution < 1.29 is 9.84 Å². The molecule has 0 fully saturated rings. The van der Waals surface area contributed by atoms with Crippen molar-refractivity contribution in [1.29, 1.82) is 0 Å². The summed E-state index contributed by atoms with van der Waals surface area (Å²) in [6.07, 6.45) is 0. The zero-order valence-electron chi connectivity index (χ0n) is 10.1. The van der Waals surface area contributed by atoms with Gasteiger partial charge in [0.05, 0.1) is 7.11 Å². The minimum Gasteiger partial charge on any atom is -0.823 e. The van der Waals surface area contributed by atoms with Gasteiger partial charge in [0, 0.05) is 20.9 Å². The molecule has 0 radical (unpaired) electrons. The first-order valence-electron chi connectivity index (χ1n) is 5.46. The number of ether oxygens (including phenoxy) is 1. The van der Waals surface area contributed by atoms with Gasteiger partial charge in [-0.2, -0.15) is 0 Å². The van der Waals surface area contributed by atoms with Gasteiger partial charge in [-0.1, -0.05) is 37.5 Å². The van der Waals surface area contributed by atoms with Gasteiger partial charge < -0.3 is 9.84 Å². The van der Waals surface area contributed by atoms with Gasteiger partial charge in [0.15, 0.2) is 0 Å². The number of hydrogen-bond acceptors (Lipinski definition) is 2. The van der Waals surface area contributed by atoms with Crippen LogP contribution in [-0.2, 0) is 0 Å². The number of hydrogen-bond donors (Lipinski definition) is 0. The third-order valence-corrected chi connectivity index (χ3v) is 4.09. The fourth-order valence-electron chi connectivity index (χ4n) is 1.53. The summed E-state index contributed by atoms with van der Waals surface area (Å²) >= 11 is 12.0. The molecule has 0 saturated heterocycles. The summed E-state index contributed by atoms with van der Waals surface area (Å²) in [4.78, 5) is 0. The first-order chi connectivity index (χ1) is 9.11. The van der Waals surface area contributed by atoms with E-state index in [1.54, 1.807) is 25.3 Å². The lowest BCUT2D eigenvalue weighted by molar-refractivity contribution is -0.206. The highest BCUT2D eigenvalue weighted by Crippen LogP contribution is 2.25. The van der Waals surface area contributed by atoms with Gasteiger partial charge >= 0.3 is 0 Å². The van der Waals surface area contributed by atoms with Crippen LogP contribution in [0.25, 0.3) is 0 Å². The largest absolute Gasteiger partial charge is 0.823 e. The summed E-state index contributed by atoms with van der Waals surface area (Å²) in [5.41, 5.74) is 0.240. The second-order valence-electron chi connectivity index (χ2n) is 3.71. The first kappa shape index (κ1) is 14.4. The van der Waals surface area contributed by atoms with Gasteiger partial charge in [0.2, 0.25) is 0 Å². The third kappa shape index (κ3) is 3.49. The second-order valence-corrected chi connectivity index (χ2v) is 5.67. The van der Waals surface area contributed by atoms with Crippen molar-refractivity contribution in [3.63, 3.8) is 0 Å². The molecule has 2 rings (SSSR count). The lowest BCUT2D eigenvalue weighted by Gasteiger charge is -2.15. The minimum absolute atomic E-state index is 0.124. The van der Waals surface area contributed by atoms with E-state index >= 15 is 0 Å². The molecule has 0 atom stereocenters. The predicted molar refractivity (Wildman–Crippen MR) is 80.1 cm³/mol. The average molecular weight is 312 g/mol. The van der Waals surface area contributed by atoms with E-state index in [0.29, 0.717) is 23.8 Å². The molecule has 0 spiro atoms. The van der Waals surface area contributed by atoms with Crippen LogP contribution in [0.3, 0.4) is 0 Å². The van der Waals surface area contributed by atoms with Crippen LogP contribution in [0.4, 0.5) is 0 Å². The van der Waals surface area contributed by atoms with Crippen molar-refractivity contribution in [2.24, 2.45) is 0 Å². The Hall–Kier alpha value is -1.05. The van der Waals surface area contributed by atoms with Gasteiger partial charge in [-0.05, 0) is 36.4 Å². The van der Waals surface area contributed by atoms with Crippen molar-refractivity contribution in [2.75, 3.05) is 7.11 Å². The van der Waals surface area contributed by atoms with E-state index in [2.05, 4.69) is 0 Å². The monoisotopic (exact) mass is 311 g/mol. The molecule has 98 valence electrons. The molecular weight excluding hydrogens is 302 g/mol. The number of methoxy groups -OCH3 is 1. The first-order valence-corrected chi connectivity index (χ1v) is 7.11. The Kier molecular flexibility index (Phi) is 4.84. The van der Waals surface area contributed by atoms with Gasteiger partial charge in [-0.25, -0.2) is 0 Å². The van der Waals surface area contributed by atoms with Gasteiger partial charge in [-0.15, -0.1) is 5.48 Å². The molecule has 0 aliphatic carbocycles. The molecule has 2 nitrogen and oxygen atoms in total. The van der Waals surface area contributed by atoms with Gasteiger partial charge in [0.1, 0.15) is 5.75 Å². The number of rotatable bonds is 3. The van der Waals surface area contributed by atoms with E-state index in [-0.39, 0.29) is 5.48 Å². The van der Waals surface area contributed by atoms with Crippen LogP contribution in [0.1, 0.15) is 5.56 Å². The maximum atomic E-state index is 12.2. The molecule has 0 unspecified atom stereocenters. The zero-order chi connectivity index (χ0) is 13.8. The van der Waals surface area contributed by atoms with Crippen molar-refractivity contribution in [3.05, 3.63) is 58.1 Å². The van der Waals surface area contributed by atoms with Crippen molar-refractivity contribution in [3.8, 4) is 5.75 Å². The minimum atomic E-state index is -0.124. The summed E-state index contributed by atoms with van der Waals surface area (Å²) in [6.45, 7) is 0. The molecule has 2 aromatic rings. The molecule has 19 heavy (non-hydrogen) atoms. The Morgan fingerprint density at radius 3 is 2.16 bits per heavy atom. The summed E-state index contributed by atoms with van der Waals surface area (Å²) in [5.74, 6) is 0.752. The predicted octanol–water partition coefficient (Wildman–Crippen LogP) is 3.11. The highest BCUT2D eigenvalue weighted by atomic mass is 35.5. The Morgan fingerprint density at radius 2 is 1.63 bits per heavy atom. The molecule has 0 bridgehead atoms. The third-order valence-electron chi connectivity index (χ3n) is 2.48. The number of benzene rings is 2. The van der Waals surface area contributed by atoms with E-state index in [9.17, 15) is 5.11 Å². The van der Waals surface area contributed by atoms with E-state index < -0.39 is 0 Å². The molecule has 5 heteroatoms. The molecule has 0 aliphatic rings. The molecule has 0 aliphatic heterocycles. The number of halogens is 2. The fourth-order valence-corrected chi connectivity index (χ4v) is 3.12. The summed E-state index contributed by atoms with van der Waals surface area (Å²) in [6, 6.07) is 12.3. The maximum Gasteiger partial charge on any atom is 0.118 e. The highest BCUT2D eigenvalue weighted by Gasteiger charge is 2.04. The van der Waals surface area contributed by atoms with Crippen LogP contribution in [0.2, 0.25) is 10.0 Å². The van der Waals surface area contributed by atoms with Crippen LogP contribution in [0, 0.1) is 0 Å². The molecule has 0 N–H and O–H groups in total. The van der Waals surface area contributed by atoms with Crippen LogP contribution in [0.5, 0.6) is 5.75 Å². The molecular formula is C14H10Cl2O2P-.